The second-order valence-electron chi connectivity index (χ2n) is 6.04. The molecule has 2 aromatic rings. The van der Waals surface area contributed by atoms with Gasteiger partial charge in [0.05, 0.1) is 12.6 Å². The standard InChI is InChI=1S/C19H25N3O3/c1-14(2)25-18-17(6-5-11-20-18)21-19(23)22(4)12-13-24-16-9-7-15(3)8-10-16/h5-11,14H,12-13H2,1-4H3,(H,21,23). The molecule has 6 nitrogen and oxygen atoms in total. The summed E-state index contributed by atoms with van der Waals surface area (Å²) < 4.78 is 11.3. The lowest BCUT2D eigenvalue weighted by Crippen LogP contribution is -2.34. The van der Waals surface area contributed by atoms with E-state index in [0.29, 0.717) is 24.7 Å². The van der Waals surface area contributed by atoms with Crippen LogP contribution in [-0.2, 0) is 0 Å². The first-order valence-electron chi connectivity index (χ1n) is 8.29. The normalized spacial score (nSPS) is 10.4. The Morgan fingerprint density at radius 3 is 2.64 bits per heavy atom. The lowest BCUT2D eigenvalue weighted by molar-refractivity contribution is 0.207. The number of aromatic nitrogens is 1. The second kappa shape index (κ2) is 8.92. The molecule has 0 fully saturated rings. The first-order chi connectivity index (χ1) is 12.0. The van der Waals surface area contributed by atoms with Gasteiger partial charge in [-0.05, 0) is 45.0 Å². The van der Waals surface area contributed by atoms with Gasteiger partial charge in [0.25, 0.3) is 0 Å². The third-order valence-corrected chi connectivity index (χ3v) is 3.42. The van der Waals surface area contributed by atoms with Crippen LogP contribution >= 0.6 is 0 Å². The number of amides is 2. The van der Waals surface area contributed by atoms with Crippen LogP contribution in [0, 0.1) is 6.92 Å². The van der Waals surface area contributed by atoms with E-state index >= 15 is 0 Å². The quantitative estimate of drug-likeness (QED) is 0.832. The molecule has 0 atom stereocenters. The highest BCUT2D eigenvalue weighted by molar-refractivity contribution is 5.90. The van der Waals surface area contributed by atoms with Crippen LogP contribution in [0.1, 0.15) is 19.4 Å². The smallest absolute Gasteiger partial charge is 0.321 e. The van der Waals surface area contributed by atoms with Gasteiger partial charge in [0.15, 0.2) is 0 Å². The summed E-state index contributed by atoms with van der Waals surface area (Å²) >= 11 is 0. The van der Waals surface area contributed by atoms with Crippen LogP contribution in [0.2, 0.25) is 0 Å². The number of aryl methyl sites for hydroxylation is 1. The molecule has 0 aliphatic carbocycles. The van der Waals surface area contributed by atoms with Crippen LogP contribution in [-0.4, -0.2) is 42.2 Å². The summed E-state index contributed by atoms with van der Waals surface area (Å²) in [6, 6.07) is 11.1. The molecule has 0 aliphatic rings. The van der Waals surface area contributed by atoms with Crippen LogP contribution in [0.5, 0.6) is 11.6 Å². The Hall–Kier alpha value is -2.76. The van der Waals surface area contributed by atoms with Gasteiger partial charge in [0.1, 0.15) is 18.0 Å². The van der Waals surface area contributed by atoms with E-state index in [1.54, 1.807) is 30.3 Å². The molecular formula is C19H25N3O3. The summed E-state index contributed by atoms with van der Waals surface area (Å²) in [5, 5.41) is 2.82. The van der Waals surface area contributed by atoms with Crippen molar-refractivity contribution < 1.29 is 14.3 Å². The Bertz CT molecular complexity index is 687. The van der Waals surface area contributed by atoms with Crippen molar-refractivity contribution in [3.8, 4) is 11.6 Å². The number of hydrogen-bond acceptors (Lipinski definition) is 4. The first kappa shape index (κ1) is 18.6. The average molecular weight is 343 g/mol. The van der Waals surface area contributed by atoms with E-state index in [0.717, 1.165) is 5.75 Å². The molecule has 6 heteroatoms. The Morgan fingerprint density at radius 1 is 1.24 bits per heavy atom. The summed E-state index contributed by atoms with van der Waals surface area (Å²) in [7, 11) is 1.72. The van der Waals surface area contributed by atoms with Crippen molar-refractivity contribution in [2.75, 3.05) is 25.5 Å². The van der Waals surface area contributed by atoms with Gasteiger partial charge in [0, 0.05) is 13.2 Å². The largest absolute Gasteiger partial charge is 0.492 e. The molecule has 1 aromatic heterocycles. The Kier molecular flexibility index (Phi) is 6.62. The zero-order valence-electron chi connectivity index (χ0n) is 15.2. The molecule has 0 saturated heterocycles. The van der Waals surface area contributed by atoms with Crippen molar-refractivity contribution in [1.29, 1.82) is 0 Å². The van der Waals surface area contributed by atoms with Crippen LogP contribution in [0.4, 0.5) is 10.5 Å². The third-order valence-electron chi connectivity index (χ3n) is 3.42. The molecule has 0 spiro atoms. The lowest BCUT2D eigenvalue weighted by Gasteiger charge is -2.19. The number of rotatable bonds is 7. The number of nitrogens with one attached hydrogen (secondary N) is 1. The Morgan fingerprint density at radius 2 is 1.96 bits per heavy atom. The third kappa shape index (κ3) is 5.99. The molecule has 0 aliphatic heterocycles. The first-order valence-corrected chi connectivity index (χ1v) is 8.29. The molecule has 2 amide bonds. The lowest BCUT2D eigenvalue weighted by atomic mass is 10.2. The monoisotopic (exact) mass is 343 g/mol. The van der Waals surface area contributed by atoms with Crippen LogP contribution in [0.3, 0.4) is 0 Å². The number of urea groups is 1. The molecule has 1 N–H and O–H groups in total. The Labute approximate surface area is 148 Å². The number of ether oxygens (including phenoxy) is 2. The minimum absolute atomic E-state index is 0.0220. The van der Waals surface area contributed by atoms with Crippen molar-refractivity contribution >= 4 is 11.7 Å². The summed E-state index contributed by atoms with van der Waals surface area (Å²) in [6.07, 6.45) is 1.61. The predicted molar refractivity (Wildman–Crippen MR) is 98.3 cm³/mol. The topological polar surface area (TPSA) is 63.7 Å². The van der Waals surface area contributed by atoms with Crippen molar-refractivity contribution in [3.05, 3.63) is 48.2 Å². The summed E-state index contributed by atoms with van der Waals surface area (Å²) in [5.74, 6) is 1.20. The van der Waals surface area contributed by atoms with E-state index in [9.17, 15) is 4.79 Å². The van der Waals surface area contributed by atoms with Crippen molar-refractivity contribution in [2.24, 2.45) is 0 Å². The van der Waals surface area contributed by atoms with Gasteiger partial charge in [-0.15, -0.1) is 0 Å². The highest BCUT2D eigenvalue weighted by atomic mass is 16.5. The minimum atomic E-state index is -0.242. The van der Waals surface area contributed by atoms with E-state index in [1.165, 1.54) is 5.56 Å². The summed E-state index contributed by atoms with van der Waals surface area (Å²) in [4.78, 5) is 18.0. The van der Waals surface area contributed by atoms with E-state index < -0.39 is 0 Å². The van der Waals surface area contributed by atoms with Crippen molar-refractivity contribution in [1.82, 2.24) is 9.88 Å². The fourth-order valence-electron chi connectivity index (χ4n) is 2.05. The molecule has 0 radical (unpaired) electrons. The van der Waals surface area contributed by atoms with Gasteiger partial charge in [-0.25, -0.2) is 9.78 Å². The average Bonchev–Trinajstić information content (AvgIpc) is 2.58. The van der Waals surface area contributed by atoms with Gasteiger partial charge in [-0.3, -0.25) is 0 Å². The maximum Gasteiger partial charge on any atom is 0.321 e. The highest BCUT2D eigenvalue weighted by Crippen LogP contribution is 2.22. The van der Waals surface area contributed by atoms with Crippen LogP contribution < -0.4 is 14.8 Å². The number of anilines is 1. The van der Waals surface area contributed by atoms with Crippen molar-refractivity contribution in [3.63, 3.8) is 0 Å². The van der Waals surface area contributed by atoms with E-state index in [-0.39, 0.29) is 12.1 Å². The SMILES string of the molecule is Cc1ccc(OCCN(C)C(=O)Nc2cccnc2OC(C)C)cc1. The van der Waals surface area contributed by atoms with Crippen LogP contribution in [0.25, 0.3) is 0 Å². The van der Waals surface area contributed by atoms with Gasteiger partial charge >= 0.3 is 6.03 Å². The highest BCUT2D eigenvalue weighted by Gasteiger charge is 2.13. The molecule has 25 heavy (non-hydrogen) atoms. The molecule has 0 unspecified atom stereocenters. The van der Waals surface area contributed by atoms with Gasteiger partial charge < -0.3 is 19.7 Å². The molecule has 0 saturated carbocycles. The Balaban J connectivity index is 1.85. The predicted octanol–water partition coefficient (Wildman–Crippen LogP) is 3.72. The maximum atomic E-state index is 12.3. The maximum absolute atomic E-state index is 12.3. The van der Waals surface area contributed by atoms with Crippen molar-refractivity contribution in [2.45, 2.75) is 26.9 Å². The zero-order chi connectivity index (χ0) is 18.2. The number of nitrogens with zero attached hydrogens (tertiary/aromatic N) is 2. The summed E-state index contributed by atoms with van der Waals surface area (Å²) in [6.45, 7) is 6.72. The zero-order valence-corrected chi connectivity index (χ0v) is 15.2. The van der Waals surface area contributed by atoms with Gasteiger partial charge in [-0.1, -0.05) is 17.7 Å². The number of pyridine rings is 1. The van der Waals surface area contributed by atoms with Gasteiger partial charge in [0.2, 0.25) is 5.88 Å². The van der Waals surface area contributed by atoms with Crippen LogP contribution in [0.15, 0.2) is 42.6 Å². The molecule has 134 valence electrons. The number of benzene rings is 1. The number of carbonyl (C=O) groups is 1. The molecule has 2 rings (SSSR count). The number of likely N-dealkylation sites (N-methyl/N-ethyl adjacent to an activating group) is 1. The fourth-order valence-corrected chi connectivity index (χ4v) is 2.05. The fraction of sp³-hybridized carbons (Fsp3) is 0.368. The summed E-state index contributed by atoms with van der Waals surface area (Å²) in [5.41, 5.74) is 1.73. The number of hydrogen-bond donors (Lipinski definition) is 1. The van der Waals surface area contributed by atoms with E-state index in [1.807, 2.05) is 45.0 Å². The molecule has 1 heterocycles. The molecule has 1 aromatic carbocycles. The van der Waals surface area contributed by atoms with Gasteiger partial charge in [-0.2, -0.15) is 0 Å². The van der Waals surface area contributed by atoms with E-state index in [4.69, 9.17) is 9.47 Å². The molecule has 0 bridgehead atoms. The minimum Gasteiger partial charge on any atom is -0.492 e. The van der Waals surface area contributed by atoms with E-state index in [2.05, 4.69) is 10.3 Å². The number of carbonyl (C=O) groups excluding carboxylic acids is 1. The second-order valence-corrected chi connectivity index (χ2v) is 6.04. The molecular weight excluding hydrogens is 318 g/mol.